The molecule has 1 amide bonds. The molecule has 0 N–H and O–H groups in total. The Morgan fingerprint density at radius 2 is 1.87 bits per heavy atom. The van der Waals surface area contributed by atoms with Crippen LogP contribution in [0.1, 0.15) is 19.3 Å². The van der Waals surface area contributed by atoms with Gasteiger partial charge >= 0.3 is 5.97 Å². The number of nitrogens with zero attached hydrogens (tertiary/aromatic N) is 3. The van der Waals surface area contributed by atoms with Crippen molar-refractivity contribution in [2.45, 2.75) is 25.8 Å². The quantitative estimate of drug-likeness (QED) is 0.331. The number of ketones is 1. The molecule has 2 heterocycles. The van der Waals surface area contributed by atoms with Crippen molar-refractivity contribution in [3.05, 3.63) is 54.6 Å². The molecule has 0 aliphatic carbocycles. The number of aryl methyl sites for hydroxylation is 1. The lowest BCUT2D eigenvalue weighted by atomic mass is 10.2. The standard InChI is InChI=1S/C23H22N3O5/c1-30-20-10-6-9-19-23(20)24-17-7-2-3-8-18(17)25(19)14-5-4-11-22(29)31-26-15-16(27)12-13-21(26)28/h2-3,6-10,12-13H,4-5,11,14-15H2,1H3/q+1. The van der Waals surface area contributed by atoms with Crippen molar-refractivity contribution in [2.24, 2.45) is 0 Å². The van der Waals surface area contributed by atoms with Crippen LogP contribution in [-0.2, 0) is 25.8 Å². The molecule has 158 valence electrons. The first kappa shape index (κ1) is 20.5. The van der Waals surface area contributed by atoms with Crippen molar-refractivity contribution < 1.29 is 28.5 Å². The minimum Gasteiger partial charge on any atom is -0.494 e. The summed E-state index contributed by atoms with van der Waals surface area (Å²) in [6, 6.07) is 13.7. The predicted molar refractivity (Wildman–Crippen MR) is 112 cm³/mol. The molecule has 31 heavy (non-hydrogen) atoms. The van der Waals surface area contributed by atoms with Gasteiger partial charge in [-0.1, -0.05) is 18.2 Å². The van der Waals surface area contributed by atoms with E-state index in [1.807, 2.05) is 42.5 Å². The first-order valence-electron chi connectivity index (χ1n) is 10.1. The zero-order chi connectivity index (χ0) is 21.8. The van der Waals surface area contributed by atoms with E-state index in [2.05, 4.69) is 4.57 Å². The molecule has 0 atom stereocenters. The summed E-state index contributed by atoms with van der Waals surface area (Å²) >= 11 is 0. The minimum absolute atomic E-state index is 0.145. The third-order valence-corrected chi connectivity index (χ3v) is 5.07. The molecule has 3 aromatic rings. The number of ether oxygens (including phenoxy) is 1. The normalized spacial score (nSPS) is 13.8. The number of methoxy groups -OCH3 is 1. The fraction of sp³-hybridized carbons (Fsp3) is 0.261. The molecular formula is C23H22N3O5+. The third kappa shape index (κ3) is 4.37. The molecule has 2 aromatic carbocycles. The summed E-state index contributed by atoms with van der Waals surface area (Å²) in [5.74, 6) is -0.620. The Morgan fingerprint density at radius 1 is 1.06 bits per heavy atom. The summed E-state index contributed by atoms with van der Waals surface area (Å²) in [6.07, 6.45) is 3.71. The summed E-state index contributed by atoms with van der Waals surface area (Å²) in [7, 11) is 1.62. The van der Waals surface area contributed by atoms with Gasteiger partial charge in [-0.05, 0) is 24.6 Å². The lowest BCUT2D eigenvalue weighted by Gasteiger charge is -2.20. The summed E-state index contributed by atoms with van der Waals surface area (Å²) in [5.41, 5.74) is 3.59. The van der Waals surface area contributed by atoms with Crippen LogP contribution in [-0.4, -0.2) is 41.4 Å². The Hall–Kier alpha value is -3.81. The maximum absolute atomic E-state index is 12.1. The molecule has 0 unspecified atom stereocenters. The second kappa shape index (κ2) is 8.91. The Balaban J connectivity index is 1.45. The number of fused-ring (bicyclic) bond motifs is 2. The molecule has 0 radical (unpaired) electrons. The molecule has 0 saturated heterocycles. The largest absolute Gasteiger partial charge is 0.494 e. The van der Waals surface area contributed by atoms with Gasteiger partial charge in [-0.25, -0.2) is 9.78 Å². The molecule has 0 bridgehead atoms. The van der Waals surface area contributed by atoms with Gasteiger partial charge < -0.3 is 9.57 Å². The SMILES string of the molecule is COc1cccc2c1nc1ccccc1[n+]2CCCCC(=O)ON1CC(=O)C=CC1=O. The lowest BCUT2D eigenvalue weighted by Crippen LogP contribution is -2.39. The summed E-state index contributed by atoms with van der Waals surface area (Å²) < 4.78 is 7.65. The van der Waals surface area contributed by atoms with Crippen LogP contribution >= 0.6 is 0 Å². The number of hydrogen-bond acceptors (Lipinski definition) is 6. The van der Waals surface area contributed by atoms with Crippen molar-refractivity contribution in [2.75, 3.05) is 13.7 Å². The molecule has 0 spiro atoms. The number of aromatic nitrogens is 2. The average molecular weight is 420 g/mol. The Bertz CT molecular complexity index is 1200. The van der Waals surface area contributed by atoms with E-state index >= 15 is 0 Å². The van der Waals surface area contributed by atoms with Crippen molar-refractivity contribution in [3.63, 3.8) is 0 Å². The van der Waals surface area contributed by atoms with Crippen LogP contribution in [0.25, 0.3) is 22.1 Å². The van der Waals surface area contributed by atoms with Gasteiger partial charge in [0, 0.05) is 31.1 Å². The monoisotopic (exact) mass is 420 g/mol. The topological polar surface area (TPSA) is 89.7 Å². The maximum Gasteiger partial charge on any atom is 0.332 e. The van der Waals surface area contributed by atoms with Gasteiger partial charge in [0.2, 0.25) is 11.0 Å². The summed E-state index contributed by atoms with van der Waals surface area (Å²) in [5, 5.41) is 0.801. The number of hydrogen-bond donors (Lipinski definition) is 0. The predicted octanol–water partition coefficient (Wildman–Crippen LogP) is 2.28. The number of hydroxylamine groups is 2. The Labute approximate surface area is 178 Å². The highest BCUT2D eigenvalue weighted by Gasteiger charge is 2.23. The molecule has 4 rings (SSSR count). The van der Waals surface area contributed by atoms with Crippen LogP contribution in [0.4, 0.5) is 0 Å². The fourth-order valence-corrected chi connectivity index (χ4v) is 3.59. The Morgan fingerprint density at radius 3 is 2.71 bits per heavy atom. The van der Waals surface area contributed by atoms with Crippen LogP contribution in [0, 0.1) is 0 Å². The number of carbonyl (C=O) groups excluding carboxylic acids is 3. The molecular weight excluding hydrogens is 398 g/mol. The first-order chi connectivity index (χ1) is 15.1. The number of amides is 1. The molecule has 0 fully saturated rings. The lowest BCUT2D eigenvalue weighted by molar-refractivity contribution is -0.646. The fourth-order valence-electron chi connectivity index (χ4n) is 3.59. The maximum atomic E-state index is 12.1. The highest BCUT2D eigenvalue weighted by molar-refractivity contribution is 6.04. The first-order valence-corrected chi connectivity index (χ1v) is 10.1. The van der Waals surface area contributed by atoms with Crippen LogP contribution in [0.5, 0.6) is 5.75 Å². The van der Waals surface area contributed by atoms with E-state index in [9.17, 15) is 14.4 Å². The van der Waals surface area contributed by atoms with Crippen LogP contribution < -0.4 is 9.30 Å². The number of benzene rings is 2. The zero-order valence-corrected chi connectivity index (χ0v) is 17.1. The third-order valence-electron chi connectivity index (χ3n) is 5.07. The zero-order valence-electron chi connectivity index (χ0n) is 17.1. The van der Waals surface area contributed by atoms with Gasteiger partial charge in [0.15, 0.2) is 17.0 Å². The van der Waals surface area contributed by atoms with E-state index in [4.69, 9.17) is 14.6 Å². The van der Waals surface area contributed by atoms with E-state index in [-0.39, 0.29) is 18.7 Å². The Kier molecular flexibility index (Phi) is 5.88. The highest BCUT2D eigenvalue weighted by atomic mass is 16.7. The van der Waals surface area contributed by atoms with E-state index in [0.717, 1.165) is 33.2 Å². The smallest absolute Gasteiger partial charge is 0.332 e. The second-order valence-corrected chi connectivity index (χ2v) is 7.18. The molecule has 1 aromatic heterocycles. The molecule has 1 aliphatic heterocycles. The van der Waals surface area contributed by atoms with Gasteiger partial charge in [0.1, 0.15) is 18.6 Å². The summed E-state index contributed by atoms with van der Waals surface area (Å²) in [6.45, 7) is 0.428. The number of carbonyl (C=O) groups is 3. The van der Waals surface area contributed by atoms with Gasteiger partial charge in [-0.2, -0.15) is 9.63 Å². The van der Waals surface area contributed by atoms with Crippen LogP contribution in [0.15, 0.2) is 54.6 Å². The number of unbranched alkanes of at least 4 members (excludes halogenated alkanes) is 1. The summed E-state index contributed by atoms with van der Waals surface area (Å²) in [4.78, 5) is 45.0. The van der Waals surface area contributed by atoms with Gasteiger partial charge in [0.25, 0.3) is 5.91 Å². The minimum atomic E-state index is -0.535. The second-order valence-electron chi connectivity index (χ2n) is 7.18. The van der Waals surface area contributed by atoms with Crippen molar-refractivity contribution in [1.29, 1.82) is 0 Å². The number of para-hydroxylation sites is 3. The van der Waals surface area contributed by atoms with E-state index in [1.54, 1.807) is 7.11 Å². The van der Waals surface area contributed by atoms with E-state index in [0.29, 0.717) is 25.1 Å². The van der Waals surface area contributed by atoms with E-state index < -0.39 is 11.9 Å². The van der Waals surface area contributed by atoms with E-state index in [1.165, 1.54) is 6.08 Å². The van der Waals surface area contributed by atoms with Crippen molar-refractivity contribution in [3.8, 4) is 5.75 Å². The molecule has 0 saturated carbocycles. The molecule has 8 nitrogen and oxygen atoms in total. The number of rotatable bonds is 7. The average Bonchev–Trinajstić information content (AvgIpc) is 2.78. The van der Waals surface area contributed by atoms with Crippen molar-refractivity contribution in [1.82, 2.24) is 10.0 Å². The van der Waals surface area contributed by atoms with Gasteiger partial charge in [-0.15, -0.1) is 0 Å². The van der Waals surface area contributed by atoms with Gasteiger partial charge in [-0.3, -0.25) is 9.59 Å². The highest BCUT2D eigenvalue weighted by Crippen LogP contribution is 2.23. The van der Waals surface area contributed by atoms with Crippen molar-refractivity contribution >= 4 is 39.7 Å². The molecule has 1 aliphatic rings. The van der Waals surface area contributed by atoms with Crippen LogP contribution in [0.2, 0.25) is 0 Å². The van der Waals surface area contributed by atoms with Gasteiger partial charge in [0.05, 0.1) is 7.11 Å². The van der Waals surface area contributed by atoms with Crippen LogP contribution in [0.3, 0.4) is 0 Å². The molecule has 8 heteroatoms.